The number of nitrogens with one attached hydrogen (secondary N) is 1. The van der Waals surface area contributed by atoms with E-state index in [9.17, 15) is 9.59 Å². The minimum Gasteiger partial charge on any atom is -0.369 e. The fourth-order valence-corrected chi connectivity index (χ4v) is 3.53. The van der Waals surface area contributed by atoms with E-state index >= 15 is 0 Å². The molecule has 3 N–H and O–H groups in total. The van der Waals surface area contributed by atoms with E-state index in [1.54, 1.807) is 23.8 Å². The van der Waals surface area contributed by atoms with Crippen molar-refractivity contribution in [3.63, 3.8) is 0 Å². The number of thiazole rings is 1. The van der Waals surface area contributed by atoms with Crippen molar-refractivity contribution in [1.82, 2.24) is 15.0 Å². The number of nitrogens with two attached hydrogens (primary N) is 1. The lowest BCUT2D eigenvalue weighted by atomic mass is 10.0. The monoisotopic (exact) mass is 389 g/mol. The lowest BCUT2D eigenvalue weighted by molar-refractivity contribution is -0.117. The van der Waals surface area contributed by atoms with Crippen molar-refractivity contribution in [2.45, 2.75) is 6.42 Å². The van der Waals surface area contributed by atoms with Gasteiger partial charge in [-0.05, 0) is 24.3 Å². The lowest BCUT2D eigenvalue weighted by Crippen LogP contribution is -2.15. The summed E-state index contributed by atoms with van der Waals surface area (Å²) in [7, 11) is 0. The van der Waals surface area contributed by atoms with Gasteiger partial charge in [0, 0.05) is 28.7 Å². The molecule has 0 unspecified atom stereocenters. The smallest absolute Gasteiger partial charge is 0.258 e. The van der Waals surface area contributed by atoms with Crippen LogP contribution in [0.4, 0.5) is 5.13 Å². The molecule has 0 bridgehead atoms. The van der Waals surface area contributed by atoms with Gasteiger partial charge in [-0.3, -0.25) is 19.9 Å². The minimum atomic E-state index is -0.467. The normalized spacial score (nSPS) is 10.7. The summed E-state index contributed by atoms with van der Waals surface area (Å²) in [6, 6.07) is 12.9. The van der Waals surface area contributed by atoms with Crippen molar-refractivity contribution < 1.29 is 9.59 Å². The Bertz CT molecular complexity index is 1170. The highest BCUT2D eigenvalue weighted by atomic mass is 32.1. The van der Waals surface area contributed by atoms with Crippen molar-refractivity contribution in [3.8, 4) is 11.3 Å². The largest absolute Gasteiger partial charge is 0.369 e. The summed E-state index contributed by atoms with van der Waals surface area (Å²) in [6.07, 6.45) is 3.40. The third-order valence-corrected chi connectivity index (χ3v) is 4.87. The zero-order valence-corrected chi connectivity index (χ0v) is 15.4. The Morgan fingerprint density at radius 1 is 1.07 bits per heavy atom. The van der Waals surface area contributed by atoms with Crippen molar-refractivity contribution >= 4 is 39.2 Å². The van der Waals surface area contributed by atoms with E-state index in [0.717, 1.165) is 16.5 Å². The quantitative estimate of drug-likeness (QED) is 0.545. The van der Waals surface area contributed by atoms with Gasteiger partial charge < -0.3 is 5.73 Å². The van der Waals surface area contributed by atoms with Crippen LogP contribution in [0, 0.1) is 0 Å². The number of hydrogen-bond acceptors (Lipinski definition) is 6. The molecule has 3 aromatic heterocycles. The fraction of sp³-hybridized carbons (Fsp3) is 0.0500. The van der Waals surface area contributed by atoms with Crippen LogP contribution >= 0.6 is 11.3 Å². The number of hydrogen-bond donors (Lipinski definition) is 2. The molecule has 1 aromatic carbocycles. The maximum absolute atomic E-state index is 13.0. The zero-order chi connectivity index (χ0) is 19.5. The van der Waals surface area contributed by atoms with Gasteiger partial charge in [-0.15, -0.1) is 11.3 Å². The van der Waals surface area contributed by atoms with E-state index in [1.165, 1.54) is 11.3 Å². The SMILES string of the molecule is NC(=O)Cc1csc(NC(=O)c2cc(-c3ccncc3)nc3ccccc23)n1. The summed E-state index contributed by atoms with van der Waals surface area (Å²) >= 11 is 1.25. The summed E-state index contributed by atoms with van der Waals surface area (Å²) in [5.74, 6) is -0.765. The van der Waals surface area contributed by atoms with Crippen molar-refractivity contribution in [1.29, 1.82) is 0 Å². The van der Waals surface area contributed by atoms with Crippen LogP contribution in [-0.4, -0.2) is 26.8 Å². The second kappa shape index (κ2) is 7.53. The minimum absolute atomic E-state index is 0.0384. The first kappa shape index (κ1) is 17.7. The molecule has 7 nitrogen and oxygen atoms in total. The van der Waals surface area contributed by atoms with E-state index in [1.807, 2.05) is 36.4 Å². The molecule has 4 rings (SSSR count). The van der Waals surface area contributed by atoms with E-state index in [0.29, 0.717) is 22.1 Å². The average molecular weight is 389 g/mol. The molecule has 8 heteroatoms. The van der Waals surface area contributed by atoms with Crippen LogP contribution in [0.3, 0.4) is 0 Å². The van der Waals surface area contributed by atoms with Gasteiger partial charge in [-0.25, -0.2) is 9.97 Å². The molecular formula is C20H15N5O2S. The van der Waals surface area contributed by atoms with Crippen LogP contribution in [0.25, 0.3) is 22.2 Å². The first-order chi connectivity index (χ1) is 13.6. The molecule has 0 aliphatic rings. The van der Waals surface area contributed by atoms with Crippen molar-refractivity contribution in [2.24, 2.45) is 5.73 Å². The molecule has 4 aromatic rings. The van der Waals surface area contributed by atoms with Gasteiger partial charge in [0.05, 0.1) is 28.9 Å². The van der Waals surface area contributed by atoms with E-state index in [4.69, 9.17) is 5.73 Å². The number of carbonyl (C=O) groups excluding carboxylic acids is 2. The van der Waals surface area contributed by atoms with Crippen molar-refractivity contribution in [3.05, 3.63) is 71.5 Å². The summed E-state index contributed by atoms with van der Waals surface area (Å²) in [6.45, 7) is 0. The molecule has 0 atom stereocenters. The van der Waals surface area contributed by atoms with Gasteiger partial charge in [-0.1, -0.05) is 18.2 Å². The first-order valence-corrected chi connectivity index (χ1v) is 9.32. The number of carbonyl (C=O) groups is 2. The van der Waals surface area contributed by atoms with Crippen LogP contribution in [0.15, 0.2) is 60.2 Å². The summed E-state index contributed by atoms with van der Waals surface area (Å²) in [4.78, 5) is 36.9. The number of anilines is 1. The molecule has 0 saturated heterocycles. The number of amides is 2. The molecule has 0 spiro atoms. The summed E-state index contributed by atoms with van der Waals surface area (Å²) in [5.41, 5.74) is 8.48. The summed E-state index contributed by atoms with van der Waals surface area (Å²) < 4.78 is 0. The molecule has 0 saturated carbocycles. The van der Waals surface area contributed by atoms with Gasteiger partial charge in [-0.2, -0.15) is 0 Å². The van der Waals surface area contributed by atoms with E-state index in [2.05, 4.69) is 20.3 Å². The van der Waals surface area contributed by atoms with Crippen LogP contribution in [0.5, 0.6) is 0 Å². The predicted molar refractivity (Wildman–Crippen MR) is 108 cm³/mol. The van der Waals surface area contributed by atoms with E-state index in [-0.39, 0.29) is 12.3 Å². The van der Waals surface area contributed by atoms with Crippen LogP contribution in [-0.2, 0) is 11.2 Å². The number of pyridine rings is 2. The first-order valence-electron chi connectivity index (χ1n) is 8.44. The zero-order valence-electron chi connectivity index (χ0n) is 14.6. The third kappa shape index (κ3) is 3.72. The average Bonchev–Trinajstić information content (AvgIpc) is 3.13. The molecule has 28 heavy (non-hydrogen) atoms. The molecule has 0 fully saturated rings. The standard InChI is InChI=1S/C20H15N5O2S/c21-18(26)9-13-11-28-20(23-13)25-19(27)15-10-17(12-5-7-22-8-6-12)24-16-4-2-1-3-14(15)16/h1-8,10-11H,9H2,(H2,21,26)(H,23,25,27). The number of rotatable bonds is 5. The Kier molecular flexibility index (Phi) is 4.77. The molecule has 0 aliphatic heterocycles. The van der Waals surface area contributed by atoms with Gasteiger partial charge in [0.15, 0.2) is 5.13 Å². The highest BCUT2D eigenvalue weighted by molar-refractivity contribution is 7.14. The Morgan fingerprint density at radius 2 is 1.86 bits per heavy atom. The number of fused-ring (bicyclic) bond motifs is 1. The molecule has 138 valence electrons. The highest BCUT2D eigenvalue weighted by Gasteiger charge is 2.16. The highest BCUT2D eigenvalue weighted by Crippen LogP contribution is 2.26. The Balaban J connectivity index is 1.71. The fourth-order valence-electron chi connectivity index (χ4n) is 2.82. The second-order valence-electron chi connectivity index (χ2n) is 6.05. The maximum Gasteiger partial charge on any atom is 0.258 e. The predicted octanol–water partition coefficient (Wildman–Crippen LogP) is 3.03. The molecule has 0 radical (unpaired) electrons. The van der Waals surface area contributed by atoms with Crippen LogP contribution in [0.1, 0.15) is 16.1 Å². The second-order valence-corrected chi connectivity index (χ2v) is 6.91. The number of para-hydroxylation sites is 1. The topological polar surface area (TPSA) is 111 Å². The van der Waals surface area contributed by atoms with Crippen LogP contribution in [0.2, 0.25) is 0 Å². The Labute approximate surface area is 164 Å². The number of nitrogens with zero attached hydrogens (tertiary/aromatic N) is 3. The number of benzene rings is 1. The maximum atomic E-state index is 13.0. The van der Waals surface area contributed by atoms with Crippen LogP contribution < -0.4 is 11.1 Å². The van der Waals surface area contributed by atoms with E-state index < -0.39 is 5.91 Å². The Hall–Kier alpha value is -3.65. The molecular weight excluding hydrogens is 374 g/mol. The number of aromatic nitrogens is 3. The lowest BCUT2D eigenvalue weighted by Gasteiger charge is -2.09. The van der Waals surface area contributed by atoms with Crippen molar-refractivity contribution in [2.75, 3.05) is 5.32 Å². The summed E-state index contributed by atoms with van der Waals surface area (Å²) in [5, 5.41) is 5.65. The van der Waals surface area contributed by atoms with Gasteiger partial charge in [0.25, 0.3) is 5.91 Å². The van der Waals surface area contributed by atoms with Gasteiger partial charge in [0.1, 0.15) is 0 Å². The molecule has 2 amide bonds. The third-order valence-electron chi connectivity index (χ3n) is 4.06. The van der Waals surface area contributed by atoms with Gasteiger partial charge in [0.2, 0.25) is 5.91 Å². The van der Waals surface area contributed by atoms with Gasteiger partial charge >= 0.3 is 0 Å². The number of primary amides is 1. The Morgan fingerprint density at radius 3 is 2.64 bits per heavy atom. The molecule has 3 heterocycles. The molecule has 0 aliphatic carbocycles.